The normalized spacial score (nSPS) is 12.0. The van der Waals surface area contributed by atoms with E-state index in [1.165, 1.54) is 0 Å². The first-order chi connectivity index (χ1) is 4.95. The van der Waals surface area contributed by atoms with Crippen molar-refractivity contribution in [3.05, 3.63) is 12.2 Å². The minimum absolute atomic E-state index is 0.109. The van der Waals surface area contributed by atoms with Crippen molar-refractivity contribution in [3.8, 4) is 0 Å². The van der Waals surface area contributed by atoms with Gasteiger partial charge in [0.1, 0.15) is 0 Å². The monoisotopic (exact) mass is 172 g/mol. The van der Waals surface area contributed by atoms with Gasteiger partial charge in [0, 0.05) is 0 Å². The maximum Gasteiger partial charge on any atom is 0.296 e. The van der Waals surface area contributed by atoms with Gasteiger partial charge in [-0.1, -0.05) is 12.2 Å². The van der Waals surface area contributed by atoms with Crippen LogP contribution in [0.5, 0.6) is 0 Å². The Morgan fingerprint density at radius 3 is 2.36 bits per heavy atom. The molecule has 0 aromatic carbocycles. The van der Waals surface area contributed by atoms with E-state index in [4.69, 9.17) is 4.43 Å². The van der Waals surface area contributed by atoms with Crippen LogP contribution >= 0.6 is 0 Å². The lowest BCUT2D eigenvalue weighted by molar-refractivity contribution is -0.134. The minimum atomic E-state index is -1.65. The van der Waals surface area contributed by atoms with Crippen LogP contribution < -0.4 is 0 Å². The summed E-state index contributed by atoms with van der Waals surface area (Å²) in [5.41, 5.74) is 0. The van der Waals surface area contributed by atoms with Gasteiger partial charge in [-0.05, 0) is 26.6 Å². The maximum atomic E-state index is 11.0. The highest BCUT2D eigenvalue weighted by molar-refractivity contribution is 6.71. The Kier molecular flexibility index (Phi) is 4.11. The Morgan fingerprint density at radius 2 is 2.00 bits per heavy atom. The maximum absolute atomic E-state index is 11.0. The van der Waals surface area contributed by atoms with Crippen LogP contribution in [0.4, 0.5) is 0 Å². The molecule has 0 radical (unpaired) electrons. The zero-order valence-corrected chi connectivity index (χ0v) is 8.68. The van der Waals surface area contributed by atoms with Gasteiger partial charge in [0.2, 0.25) is 8.32 Å². The molecule has 0 N–H and O–H groups in total. The van der Waals surface area contributed by atoms with Crippen LogP contribution in [0.25, 0.3) is 0 Å². The molecule has 0 atom stereocenters. The summed E-state index contributed by atoms with van der Waals surface area (Å²) in [6.07, 6.45) is 4.06. The van der Waals surface area contributed by atoms with Gasteiger partial charge in [-0.25, -0.2) is 0 Å². The van der Waals surface area contributed by atoms with E-state index >= 15 is 0 Å². The highest BCUT2D eigenvalue weighted by Gasteiger charge is 2.18. The number of carbonyl (C=O) groups excluding carboxylic acids is 1. The first kappa shape index (κ1) is 10.4. The molecule has 0 heterocycles. The van der Waals surface area contributed by atoms with Crippen LogP contribution in [0.15, 0.2) is 12.2 Å². The average Bonchev–Trinajstić information content (AvgIpc) is 1.79. The van der Waals surface area contributed by atoms with E-state index in [2.05, 4.69) is 0 Å². The van der Waals surface area contributed by atoms with E-state index in [-0.39, 0.29) is 5.97 Å². The van der Waals surface area contributed by atoms with E-state index in [0.29, 0.717) is 6.42 Å². The molecule has 0 aromatic heterocycles. The van der Waals surface area contributed by atoms with Crippen LogP contribution in [0.2, 0.25) is 19.6 Å². The molecule has 0 saturated carbocycles. The molecule has 11 heavy (non-hydrogen) atoms. The standard InChI is InChI=1S/C8H16O2Si/c1-5-6-7-8(9)10-11(2,3)4/h5-6H,7H2,1-4H3/b6-5+. The van der Waals surface area contributed by atoms with Crippen LogP contribution in [0.1, 0.15) is 13.3 Å². The van der Waals surface area contributed by atoms with Crippen molar-refractivity contribution in [1.29, 1.82) is 0 Å². The fourth-order valence-electron chi connectivity index (χ4n) is 0.597. The van der Waals surface area contributed by atoms with Crippen molar-refractivity contribution >= 4 is 14.3 Å². The van der Waals surface area contributed by atoms with E-state index in [0.717, 1.165) is 0 Å². The van der Waals surface area contributed by atoms with Gasteiger partial charge in [0.05, 0.1) is 6.42 Å². The van der Waals surface area contributed by atoms with Gasteiger partial charge in [-0.3, -0.25) is 4.79 Å². The molecule has 3 heteroatoms. The van der Waals surface area contributed by atoms with Gasteiger partial charge in [0.15, 0.2) is 0 Å². The van der Waals surface area contributed by atoms with Gasteiger partial charge < -0.3 is 4.43 Å². The first-order valence-electron chi connectivity index (χ1n) is 3.78. The summed E-state index contributed by atoms with van der Waals surface area (Å²) in [6, 6.07) is 0. The number of hydrogen-bond acceptors (Lipinski definition) is 2. The van der Waals surface area contributed by atoms with E-state index in [1.807, 2.05) is 38.7 Å². The lowest BCUT2D eigenvalue weighted by Gasteiger charge is -2.16. The number of rotatable bonds is 3. The molecule has 0 aliphatic heterocycles. The Balaban J connectivity index is 3.70. The van der Waals surface area contributed by atoms with Gasteiger partial charge in [0.25, 0.3) is 5.97 Å². The Bertz CT molecular complexity index is 156. The molecule has 0 bridgehead atoms. The Hall–Kier alpha value is -0.573. The minimum Gasteiger partial charge on any atom is -0.520 e. The van der Waals surface area contributed by atoms with E-state index in [1.54, 1.807) is 0 Å². The van der Waals surface area contributed by atoms with Gasteiger partial charge in [-0.15, -0.1) is 0 Å². The van der Waals surface area contributed by atoms with E-state index in [9.17, 15) is 4.79 Å². The predicted octanol–water partition coefficient (Wildman–Crippen LogP) is 2.33. The second-order valence-corrected chi connectivity index (χ2v) is 7.79. The summed E-state index contributed by atoms with van der Waals surface area (Å²) in [7, 11) is -1.65. The first-order valence-corrected chi connectivity index (χ1v) is 7.19. The summed E-state index contributed by atoms with van der Waals surface area (Å²) in [5, 5.41) is 0. The predicted molar refractivity (Wildman–Crippen MR) is 48.9 cm³/mol. The van der Waals surface area contributed by atoms with Crippen molar-refractivity contribution in [1.82, 2.24) is 0 Å². The second kappa shape index (κ2) is 4.33. The Morgan fingerprint density at radius 1 is 1.45 bits per heavy atom. The van der Waals surface area contributed by atoms with Crippen molar-refractivity contribution in [3.63, 3.8) is 0 Å². The van der Waals surface area contributed by atoms with Crippen molar-refractivity contribution < 1.29 is 9.22 Å². The zero-order chi connectivity index (χ0) is 8.91. The third kappa shape index (κ3) is 7.32. The lowest BCUT2D eigenvalue weighted by atomic mass is 10.4. The Labute approximate surface area is 69.4 Å². The molecule has 0 aliphatic rings. The zero-order valence-electron chi connectivity index (χ0n) is 7.68. The SMILES string of the molecule is C/C=C/CC(=O)O[Si](C)(C)C. The summed E-state index contributed by atoms with van der Waals surface area (Å²) < 4.78 is 5.19. The molecule has 0 fully saturated rings. The molecule has 0 rings (SSSR count). The fourth-order valence-corrected chi connectivity index (χ4v) is 1.36. The van der Waals surface area contributed by atoms with Crippen LogP contribution in [-0.4, -0.2) is 14.3 Å². The molecular weight excluding hydrogens is 156 g/mol. The van der Waals surface area contributed by atoms with Gasteiger partial charge in [-0.2, -0.15) is 0 Å². The molecule has 0 aliphatic carbocycles. The van der Waals surface area contributed by atoms with Crippen LogP contribution in [-0.2, 0) is 9.22 Å². The van der Waals surface area contributed by atoms with E-state index < -0.39 is 8.32 Å². The third-order valence-electron chi connectivity index (χ3n) is 0.940. The van der Waals surface area contributed by atoms with Gasteiger partial charge >= 0.3 is 0 Å². The molecule has 2 nitrogen and oxygen atoms in total. The highest BCUT2D eigenvalue weighted by atomic mass is 28.4. The highest BCUT2D eigenvalue weighted by Crippen LogP contribution is 2.04. The summed E-state index contributed by atoms with van der Waals surface area (Å²) in [4.78, 5) is 11.0. The molecular formula is C8H16O2Si. The summed E-state index contributed by atoms with van der Waals surface area (Å²) in [5.74, 6) is -0.109. The van der Waals surface area contributed by atoms with Crippen molar-refractivity contribution in [2.45, 2.75) is 33.0 Å². The summed E-state index contributed by atoms with van der Waals surface area (Å²) in [6.45, 7) is 7.89. The molecule has 0 spiro atoms. The quantitative estimate of drug-likeness (QED) is 0.482. The summed E-state index contributed by atoms with van der Waals surface area (Å²) >= 11 is 0. The third-order valence-corrected chi connectivity index (χ3v) is 1.78. The fraction of sp³-hybridized carbons (Fsp3) is 0.625. The lowest BCUT2D eigenvalue weighted by Crippen LogP contribution is -2.28. The largest absolute Gasteiger partial charge is 0.520 e. The topological polar surface area (TPSA) is 26.3 Å². The van der Waals surface area contributed by atoms with Crippen molar-refractivity contribution in [2.24, 2.45) is 0 Å². The molecule has 0 amide bonds. The average molecular weight is 172 g/mol. The molecule has 64 valence electrons. The molecule has 0 aromatic rings. The number of hydrogen-bond donors (Lipinski definition) is 0. The number of allylic oxidation sites excluding steroid dienone is 1. The van der Waals surface area contributed by atoms with Crippen molar-refractivity contribution in [2.75, 3.05) is 0 Å². The number of carbonyl (C=O) groups is 1. The van der Waals surface area contributed by atoms with Crippen LogP contribution in [0.3, 0.4) is 0 Å². The molecule has 0 unspecified atom stereocenters. The second-order valence-electron chi connectivity index (χ2n) is 3.36. The smallest absolute Gasteiger partial charge is 0.296 e. The molecule has 0 saturated heterocycles. The van der Waals surface area contributed by atoms with Crippen LogP contribution in [0, 0.1) is 0 Å².